The zero-order valence-corrected chi connectivity index (χ0v) is 15.8. The van der Waals surface area contributed by atoms with E-state index in [-0.39, 0.29) is 11.7 Å². The van der Waals surface area contributed by atoms with Crippen LogP contribution in [0.15, 0.2) is 72.2 Å². The highest BCUT2D eigenvalue weighted by molar-refractivity contribution is 7.13. The Hall–Kier alpha value is -3.78. The van der Waals surface area contributed by atoms with E-state index in [2.05, 4.69) is 10.4 Å². The van der Waals surface area contributed by atoms with Gasteiger partial charge < -0.3 is 11.1 Å². The zero-order valence-electron chi connectivity index (χ0n) is 15.0. The summed E-state index contributed by atoms with van der Waals surface area (Å²) in [6.07, 6.45) is 1.59. The number of nitrogens with two attached hydrogens (primary N) is 1. The second kappa shape index (κ2) is 7.69. The highest BCUT2D eigenvalue weighted by Gasteiger charge is 2.20. The predicted molar refractivity (Wildman–Crippen MR) is 110 cm³/mol. The number of anilines is 1. The van der Waals surface area contributed by atoms with Crippen molar-refractivity contribution in [3.05, 3.63) is 89.2 Å². The molecule has 0 saturated carbocycles. The Kier molecular flexibility index (Phi) is 4.92. The van der Waals surface area contributed by atoms with Gasteiger partial charge in [-0.05, 0) is 53.9 Å². The fourth-order valence-corrected chi connectivity index (χ4v) is 3.53. The van der Waals surface area contributed by atoms with Crippen molar-refractivity contribution in [1.82, 2.24) is 9.78 Å². The second-order valence-corrected chi connectivity index (χ2v) is 7.14. The molecule has 0 fully saturated rings. The van der Waals surface area contributed by atoms with E-state index in [0.29, 0.717) is 28.2 Å². The van der Waals surface area contributed by atoms with Gasteiger partial charge in [0.1, 0.15) is 11.5 Å². The van der Waals surface area contributed by atoms with Gasteiger partial charge in [-0.1, -0.05) is 12.1 Å². The molecule has 144 valence electrons. The lowest BCUT2D eigenvalue weighted by Crippen LogP contribution is -2.14. The first-order chi connectivity index (χ1) is 14.0. The normalized spacial score (nSPS) is 10.7. The number of hydrogen-bond acceptors (Lipinski definition) is 4. The topological polar surface area (TPSA) is 90.0 Å². The van der Waals surface area contributed by atoms with Gasteiger partial charge in [-0.25, -0.2) is 9.07 Å². The lowest BCUT2D eigenvalue weighted by Gasteiger charge is -2.06. The van der Waals surface area contributed by atoms with Crippen molar-refractivity contribution in [2.24, 2.45) is 5.73 Å². The van der Waals surface area contributed by atoms with Crippen LogP contribution in [0.5, 0.6) is 0 Å². The van der Waals surface area contributed by atoms with Gasteiger partial charge in [0.15, 0.2) is 0 Å². The monoisotopic (exact) mass is 406 g/mol. The molecule has 0 aliphatic carbocycles. The molecule has 4 aromatic rings. The third kappa shape index (κ3) is 3.92. The lowest BCUT2D eigenvalue weighted by molar-refractivity contribution is 0.0996. The van der Waals surface area contributed by atoms with Gasteiger partial charge in [-0.3, -0.25) is 9.59 Å². The lowest BCUT2D eigenvalue weighted by atomic mass is 10.1. The number of halogens is 1. The number of benzene rings is 2. The molecule has 0 bridgehead atoms. The molecule has 0 saturated heterocycles. The van der Waals surface area contributed by atoms with Crippen molar-refractivity contribution in [2.75, 3.05) is 5.32 Å². The van der Waals surface area contributed by atoms with Crippen LogP contribution in [0.4, 0.5) is 10.1 Å². The average molecular weight is 406 g/mol. The molecule has 2 aromatic heterocycles. The van der Waals surface area contributed by atoms with E-state index >= 15 is 0 Å². The van der Waals surface area contributed by atoms with Crippen LogP contribution in [0.25, 0.3) is 16.3 Å². The van der Waals surface area contributed by atoms with Crippen LogP contribution in [0.3, 0.4) is 0 Å². The third-order valence-electron chi connectivity index (χ3n) is 4.21. The summed E-state index contributed by atoms with van der Waals surface area (Å²) in [5.41, 5.74) is 7.52. The second-order valence-electron chi connectivity index (χ2n) is 6.19. The van der Waals surface area contributed by atoms with E-state index in [9.17, 15) is 14.0 Å². The minimum absolute atomic E-state index is 0.295. The van der Waals surface area contributed by atoms with Gasteiger partial charge in [-0.15, -0.1) is 11.3 Å². The van der Waals surface area contributed by atoms with Crippen molar-refractivity contribution in [2.45, 2.75) is 0 Å². The van der Waals surface area contributed by atoms with E-state index in [1.165, 1.54) is 34.2 Å². The van der Waals surface area contributed by atoms with Gasteiger partial charge in [-0.2, -0.15) is 5.10 Å². The highest BCUT2D eigenvalue weighted by atomic mass is 32.1. The summed E-state index contributed by atoms with van der Waals surface area (Å²) in [5, 5.41) is 9.20. The van der Waals surface area contributed by atoms with Gasteiger partial charge >= 0.3 is 0 Å². The standard InChI is InChI=1S/C21H15FN4O2S/c22-14-6-8-16(9-7-14)26-12-17(19(25-26)18-5-2-10-29-18)21(28)24-15-4-1-3-13(11-15)20(23)27/h1-12H,(H2,23,27)(H,24,28). The summed E-state index contributed by atoms with van der Waals surface area (Å²) in [6, 6.07) is 15.9. The molecule has 0 aliphatic heterocycles. The minimum Gasteiger partial charge on any atom is -0.366 e. The van der Waals surface area contributed by atoms with Gasteiger partial charge in [0.25, 0.3) is 5.91 Å². The number of primary amides is 1. The maximum Gasteiger partial charge on any atom is 0.259 e. The molecule has 0 unspecified atom stereocenters. The number of nitrogens with one attached hydrogen (secondary N) is 1. The van der Waals surface area contributed by atoms with Crippen molar-refractivity contribution in [3.63, 3.8) is 0 Å². The van der Waals surface area contributed by atoms with Crippen molar-refractivity contribution >= 4 is 28.8 Å². The van der Waals surface area contributed by atoms with Crippen LogP contribution >= 0.6 is 11.3 Å². The SMILES string of the molecule is NC(=O)c1cccc(NC(=O)c2cn(-c3ccc(F)cc3)nc2-c2cccs2)c1. The Bertz CT molecular complexity index is 1180. The van der Waals surface area contributed by atoms with Gasteiger partial charge in [0, 0.05) is 17.4 Å². The summed E-state index contributed by atoms with van der Waals surface area (Å²) >= 11 is 1.45. The molecule has 0 radical (unpaired) electrons. The maximum absolute atomic E-state index is 13.2. The fraction of sp³-hybridized carbons (Fsp3) is 0. The van der Waals surface area contributed by atoms with Crippen molar-refractivity contribution < 1.29 is 14.0 Å². The Morgan fingerprint density at radius 3 is 2.55 bits per heavy atom. The minimum atomic E-state index is -0.579. The zero-order chi connectivity index (χ0) is 20.4. The Labute approximate surface area is 169 Å². The van der Waals surface area contributed by atoms with E-state index in [4.69, 9.17) is 5.73 Å². The maximum atomic E-state index is 13.2. The van der Waals surface area contributed by atoms with Crippen LogP contribution in [-0.4, -0.2) is 21.6 Å². The van der Waals surface area contributed by atoms with Crippen molar-refractivity contribution in [1.29, 1.82) is 0 Å². The molecule has 0 atom stereocenters. The third-order valence-corrected chi connectivity index (χ3v) is 5.09. The first-order valence-corrected chi connectivity index (χ1v) is 9.50. The quantitative estimate of drug-likeness (QED) is 0.523. The van der Waals surface area contributed by atoms with Crippen molar-refractivity contribution in [3.8, 4) is 16.3 Å². The number of aromatic nitrogens is 2. The number of carbonyl (C=O) groups is 2. The molecule has 8 heteroatoms. The molecule has 2 heterocycles. The smallest absolute Gasteiger partial charge is 0.259 e. The fourth-order valence-electron chi connectivity index (χ4n) is 2.81. The average Bonchev–Trinajstić information content (AvgIpc) is 3.38. The van der Waals surface area contributed by atoms with Gasteiger partial charge in [0.2, 0.25) is 5.91 Å². The summed E-state index contributed by atoms with van der Waals surface area (Å²) in [7, 11) is 0. The molecule has 2 aromatic carbocycles. The molecule has 3 N–H and O–H groups in total. The number of amides is 2. The van der Waals surface area contributed by atoms with Crippen LogP contribution in [0.1, 0.15) is 20.7 Å². The van der Waals surface area contributed by atoms with Crippen LogP contribution < -0.4 is 11.1 Å². The Morgan fingerprint density at radius 1 is 1.07 bits per heavy atom. The molecule has 0 aliphatic rings. The highest BCUT2D eigenvalue weighted by Crippen LogP contribution is 2.28. The molecule has 4 rings (SSSR count). The van der Waals surface area contributed by atoms with E-state index in [1.54, 1.807) is 36.5 Å². The summed E-state index contributed by atoms with van der Waals surface area (Å²) in [4.78, 5) is 25.2. The van der Waals surface area contributed by atoms with Crippen LogP contribution in [0, 0.1) is 5.82 Å². The van der Waals surface area contributed by atoms with E-state index in [1.807, 2.05) is 17.5 Å². The summed E-state index contributed by atoms with van der Waals surface area (Å²) < 4.78 is 14.8. The van der Waals surface area contributed by atoms with Gasteiger partial charge in [0.05, 0.1) is 16.1 Å². The Balaban J connectivity index is 1.71. The number of carbonyl (C=O) groups excluding carboxylic acids is 2. The molecule has 2 amide bonds. The first-order valence-electron chi connectivity index (χ1n) is 8.62. The molecule has 0 spiro atoms. The molecular weight excluding hydrogens is 391 g/mol. The molecule has 6 nitrogen and oxygen atoms in total. The number of hydrogen-bond donors (Lipinski definition) is 2. The molecular formula is C21H15FN4O2S. The van der Waals surface area contributed by atoms with Crippen LogP contribution in [0.2, 0.25) is 0 Å². The summed E-state index contributed by atoms with van der Waals surface area (Å²) in [5.74, 6) is -1.32. The number of thiophene rings is 1. The number of nitrogens with zero attached hydrogens (tertiary/aromatic N) is 2. The van der Waals surface area contributed by atoms with E-state index in [0.717, 1.165) is 4.88 Å². The van der Waals surface area contributed by atoms with Crippen LogP contribution in [-0.2, 0) is 0 Å². The predicted octanol–water partition coefficient (Wildman–Crippen LogP) is 4.09. The number of rotatable bonds is 5. The Morgan fingerprint density at radius 2 is 1.86 bits per heavy atom. The largest absolute Gasteiger partial charge is 0.366 e. The summed E-state index contributed by atoms with van der Waals surface area (Å²) in [6.45, 7) is 0. The first kappa shape index (κ1) is 18.6. The van der Waals surface area contributed by atoms with E-state index < -0.39 is 5.91 Å². The molecule has 29 heavy (non-hydrogen) atoms.